The van der Waals surface area contributed by atoms with Gasteiger partial charge in [-0.2, -0.15) is 0 Å². The van der Waals surface area contributed by atoms with E-state index in [1.807, 2.05) is 20.8 Å². The van der Waals surface area contributed by atoms with Crippen LogP contribution in [-0.2, 0) is 4.74 Å². The van der Waals surface area contributed by atoms with Gasteiger partial charge >= 0.3 is 0 Å². The predicted molar refractivity (Wildman–Crippen MR) is 54.4 cm³/mol. The summed E-state index contributed by atoms with van der Waals surface area (Å²) in [5, 5.41) is 19.5. The van der Waals surface area contributed by atoms with E-state index in [1.165, 1.54) is 0 Å². The van der Waals surface area contributed by atoms with E-state index in [9.17, 15) is 10.2 Å². The second-order valence-electron chi connectivity index (χ2n) is 4.64. The van der Waals surface area contributed by atoms with Crippen molar-refractivity contribution in [3.63, 3.8) is 0 Å². The summed E-state index contributed by atoms with van der Waals surface area (Å²) in [7, 11) is 1.57. The van der Waals surface area contributed by atoms with Crippen LogP contribution in [0.15, 0.2) is 23.5 Å². The number of allylic oxidation sites excluding steroid dienone is 1. The Morgan fingerprint density at radius 1 is 1.36 bits per heavy atom. The van der Waals surface area contributed by atoms with Crippen LogP contribution >= 0.6 is 0 Å². The maximum Gasteiger partial charge on any atom is 0.190 e. The summed E-state index contributed by atoms with van der Waals surface area (Å²) in [6.07, 6.45) is 3.55. The van der Waals surface area contributed by atoms with Crippen molar-refractivity contribution >= 4 is 0 Å². The SMILES string of the molecule is COC1=CCC(O)(O)C(C(C)(C)C)=C1. The highest BCUT2D eigenvalue weighted by molar-refractivity contribution is 5.32. The largest absolute Gasteiger partial charge is 0.497 e. The first-order valence-corrected chi connectivity index (χ1v) is 4.69. The molecule has 0 heterocycles. The van der Waals surface area contributed by atoms with Crippen LogP contribution in [0.1, 0.15) is 27.2 Å². The highest BCUT2D eigenvalue weighted by Crippen LogP contribution is 2.38. The van der Waals surface area contributed by atoms with Crippen molar-refractivity contribution in [3.8, 4) is 0 Å². The molecule has 0 radical (unpaired) electrons. The Balaban J connectivity index is 3.08. The van der Waals surface area contributed by atoms with E-state index in [2.05, 4.69) is 0 Å². The lowest BCUT2D eigenvalue weighted by atomic mass is 9.78. The second kappa shape index (κ2) is 3.41. The lowest BCUT2D eigenvalue weighted by molar-refractivity contribution is -0.136. The summed E-state index contributed by atoms with van der Waals surface area (Å²) in [5.74, 6) is -1.05. The minimum Gasteiger partial charge on any atom is -0.497 e. The zero-order chi connectivity index (χ0) is 11.0. The molecule has 0 aromatic heterocycles. The molecule has 0 unspecified atom stereocenters. The number of hydrogen-bond donors (Lipinski definition) is 2. The highest BCUT2D eigenvalue weighted by atomic mass is 16.5. The normalized spacial score (nSPS) is 21.3. The summed E-state index contributed by atoms with van der Waals surface area (Å²) in [4.78, 5) is 0. The van der Waals surface area contributed by atoms with Crippen LogP contribution in [0.5, 0.6) is 0 Å². The van der Waals surface area contributed by atoms with Crippen LogP contribution in [-0.4, -0.2) is 23.1 Å². The molecule has 3 nitrogen and oxygen atoms in total. The quantitative estimate of drug-likeness (QED) is 0.629. The van der Waals surface area contributed by atoms with Crippen molar-refractivity contribution in [2.75, 3.05) is 7.11 Å². The van der Waals surface area contributed by atoms with Gasteiger partial charge in [0.15, 0.2) is 5.79 Å². The molecule has 1 rings (SSSR count). The van der Waals surface area contributed by atoms with Crippen molar-refractivity contribution in [1.82, 2.24) is 0 Å². The van der Waals surface area contributed by atoms with Gasteiger partial charge < -0.3 is 14.9 Å². The van der Waals surface area contributed by atoms with Gasteiger partial charge in [-0.1, -0.05) is 20.8 Å². The molecule has 1 aliphatic rings. The first-order chi connectivity index (χ1) is 6.27. The topological polar surface area (TPSA) is 49.7 Å². The van der Waals surface area contributed by atoms with Crippen molar-refractivity contribution in [1.29, 1.82) is 0 Å². The molecule has 0 aliphatic heterocycles. The Morgan fingerprint density at radius 3 is 2.36 bits per heavy atom. The van der Waals surface area contributed by atoms with Crippen LogP contribution in [0.25, 0.3) is 0 Å². The molecule has 14 heavy (non-hydrogen) atoms. The molecule has 0 aromatic carbocycles. The number of hydrogen-bond acceptors (Lipinski definition) is 3. The van der Waals surface area contributed by atoms with E-state index >= 15 is 0 Å². The molecular formula is C11H18O3. The number of rotatable bonds is 1. The Bertz CT molecular complexity index is 279. The number of ether oxygens (including phenoxy) is 1. The van der Waals surface area contributed by atoms with Crippen LogP contribution in [0.2, 0.25) is 0 Å². The van der Waals surface area contributed by atoms with E-state index in [4.69, 9.17) is 4.74 Å². The van der Waals surface area contributed by atoms with Crippen LogP contribution < -0.4 is 0 Å². The average molecular weight is 198 g/mol. The van der Waals surface area contributed by atoms with Gasteiger partial charge in [-0.3, -0.25) is 0 Å². The van der Waals surface area contributed by atoms with Crippen molar-refractivity contribution < 1.29 is 14.9 Å². The van der Waals surface area contributed by atoms with Crippen molar-refractivity contribution in [3.05, 3.63) is 23.5 Å². The van der Waals surface area contributed by atoms with Gasteiger partial charge in [0.25, 0.3) is 0 Å². The first-order valence-electron chi connectivity index (χ1n) is 4.69. The van der Waals surface area contributed by atoms with Gasteiger partial charge in [-0.15, -0.1) is 0 Å². The van der Waals surface area contributed by atoms with Crippen LogP contribution in [0.3, 0.4) is 0 Å². The lowest BCUT2D eigenvalue weighted by Crippen LogP contribution is -2.38. The van der Waals surface area contributed by atoms with Gasteiger partial charge in [0, 0.05) is 6.42 Å². The lowest BCUT2D eigenvalue weighted by Gasteiger charge is -2.35. The third-order valence-corrected chi connectivity index (χ3v) is 2.35. The predicted octanol–water partition coefficient (Wildman–Crippen LogP) is 1.57. The van der Waals surface area contributed by atoms with Crippen molar-refractivity contribution in [2.45, 2.75) is 33.0 Å². The molecule has 0 fully saturated rings. The maximum atomic E-state index is 9.77. The molecule has 0 aromatic rings. The second-order valence-corrected chi connectivity index (χ2v) is 4.64. The molecule has 2 N–H and O–H groups in total. The Labute approximate surface area is 84.7 Å². The minimum atomic E-state index is -1.74. The zero-order valence-corrected chi connectivity index (χ0v) is 9.16. The van der Waals surface area contributed by atoms with E-state index in [0.717, 1.165) is 0 Å². The standard InChI is InChI=1S/C11H18O3/c1-10(2,3)9-7-8(14-4)5-6-11(9,12)13/h5,7,12-13H,6H2,1-4H3. The fraction of sp³-hybridized carbons (Fsp3) is 0.636. The third kappa shape index (κ3) is 2.16. The van der Waals surface area contributed by atoms with Crippen LogP contribution in [0.4, 0.5) is 0 Å². The van der Waals surface area contributed by atoms with Crippen molar-refractivity contribution in [2.24, 2.45) is 5.41 Å². The van der Waals surface area contributed by atoms with E-state index in [1.54, 1.807) is 19.3 Å². The van der Waals surface area contributed by atoms with E-state index < -0.39 is 5.79 Å². The number of methoxy groups -OCH3 is 1. The third-order valence-electron chi connectivity index (χ3n) is 2.35. The monoisotopic (exact) mass is 198 g/mol. The Kier molecular flexibility index (Phi) is 2.74. The number of aliphatic hydroxyl groups is 2. The smallest absolute Gasteiger partial charge is 0.190 e. The van der Waals surface area contributed by atoms with E-state index in [-0.39, 0.29) is 11.8 Å². The molecule has 0 bridgehead atoms. The molecule has 0 saturated heterocycles. The molecule has 3 heteroatoms. The molecule has 0 amide bonds. The van der Waals surface area contributed by atoms with E-state index in [0.29, 0.717) is 11.3 Å². The van der Waals surface area contributed by atoms with Gasteiger partial charge in [0.2, 0.25) is 0 Å². The Morgan fingerprint density at radius 2 is 1.93 bits per heavy atom. The summed E-state index contributed by atoms with van der Waals surface area (Å²) in [6.45, 7) is 5.83. The molecule has 0 atom stereocenters. The molecule has 1 aliphatic carbocycles. The molecule has 0 saturated carbocycles. The first kappa shape index (κ1) is 11.3. The summed E-state index contributed by atoms with van der Waals surface area (Å²) in [6, 6.07) is 0. The molecule has 80 valence electrons. The fourth-order valence-electron chi connectivity index (χ4n) is 1.63. The zero-order valence-electron chi connectivity index (χ0n) is 9.16. The summed E-state index contributed by atoms with van der Waals surface area (Å²) < 4.78 is 5.07. The van der Waals surface area contributed by atoms with Gasteiger partial charge in [0.1, 0.15) is 5.76 Å². The fourth-order valence-corrected chi connectivity index (χ4v) is 1.63. The summed E-state index contributed by atoms with van der Waals surface area (Å²) in [5.41, 5.74) is 0.311. The highest BCUT2D eigenvalue weighted by Gasteiger charge is 2.37. The van der Waals surface area contributed by atoms with Gasteiger partial charge in [-0.25, -0.2) is 0 Å². The van der Waals surface area contributed by atoms with Gasteiger partial charge in [-0.05, 0) is 23.1 Å². The minimum absolute atomic E-state index is 0.180. The molecular weight excluding hydrogens is 180 g/mol. The maximum absolute atomic E-state index is 9.77. The van der Waals surface area contributed by atoms with Gasteiger partial charge in [0.05, 0.1) is 7.11 Å². The van der Waals surface area contributed by atoms with Crippen LogP contribution in [0, 0.1) is 5.41 Å². The average Bonchev–Trinajstić information content (AvgIpc) is 2.01. The summed E-state index contributed by atoms with van der Waals surface area (Å²) >= 11 is 0. The Hall–Kier alpha value is -0.800. The molecule has 0 spiro atoms.